The molecule has 0 amide bonds. The molecule has 0 saturated heterocycles. The number of carbonyl (C=O) groups excluding carboxylic acids is 1. The molecule has 0 aromatic carbocycles. The summed E-state index contributed by atoms with van der Waals surface area (Å²) in [5.41, 5.74) is 0. The van der Waals surface area contributed by atoms with Gasteiger partial charge >= 0.3 is 35.5 Å². The maximum Gasteiger partial charge on any atom is 1.00 e. The zero-order valence-electron chi connectivity index (χ0n) is 8.11. The summed E-state index contributed by atoms with van der Waals surface area (Å²) in [7, 11) is -3.91. The molecular formula is C5H11NaO5S. The van der Waals surface area contributed by atoms with Gasteiger partial charge in [-0.2, -0.15) is 8.42 Å². The molecule has 0 aliphatic carbocycles. The van der Waals surface area contributed by atoms with Crippen LogP contribution < -0.4 is 29.6 Å². The molecule has 0 unspecified atom stereocenters. The van der Waals surface area contributed by atoms with Crippen LogP contribution in [0.4, 0.5) is 0 Å². The molecule has 5 nitrogen and oxygen atoms in total. The van der Waals surface area contributed by atoms with E-state index >= 15 is 0 Å². The normalized spacial score (nSPS) is 10.2. The Morgan fingerprint density at radius 3 is 2.42 bits per heavy atom. The van der Waals surface area contributed by atoms with Gasteiger partial charge in [-0.3, -0.25) is 9.35 Å². The first-order valence-corrected chi connectivity index (χ1v) is 4.61. The van der Waals surface area contributed by atoms with Crippen molar-refractivity contribution in [2.24, 2.45) is 0 Å². The first-order chi connectivity index (χ1) is 4.92. The van der Waals surface area contributed by atoms with Gasteiger partial charge in [0.05, 0.1) is 12.4 Å². The van der Waals surface area contributed by atoms with Crippen LogP contribution in [0.1, 0.15) is 14.8 Å². The predicted molar refractivity (Wildman–Crippen MR) is 38.8 cm³/mol. The first-order valence-electron chi connectivity index (χ1n) is 3.00. The summed E-state index contributed by atoms with van der Waals surface area (Å²) >= 11 is 0. The van der Waals surface area contributed by atoms with Crippen LogP contribution in [0.5, 0.6) is 0 Å². The van der Waals surface area contributed by atoms with Crippen LogP contribution in [0.2, 0.25) is 0 Å². The number of rotatable bonds is 4. The Morgan fingerprint density at radius 2 is 2.08 bits per heavy atom. The van der Waals surface area contributed by atoms with E-state index in [9.17, 15) is 13.2 Å². The SMILES string of the molecule is CC(=O)OCCCS(=O)(=O)O.[H-].[Na+]. The summed E-state index contributed by atoms with van der Waals surface area (Å²) in [5.74, 6) is -0.833. The van der Waals surface area contributed by atoms with Crippen molar-refractivity contribution in [3.05, 3.63) is 0 Å². The summed E-state index contributed by atoms with van der Waals surface area (Å²) in [6.45, 7) is 1.25. The van der Waals surface area contributed by atoms with Crippen LogP contribution in [-0.2, 0) is 19.6 Å². The first kappa shape index (κ1) is 14.9. The van der Waals surface area contributed by atoms with Crippen LogP contribution in [0.3, 0.4) is 0 Å². The van der Waals surface area contributed by atoms with Gasteiger partial charge in [-0.1, -0.05) is 0 Å². The van der Waals surface area contributed by atoms with Crippen molar-refractivity contribution in [1.29, 1.82) is 0 Å². The maximum atomic E-state index is 10.1. The zero-order valence-corrected chi connectivity index (χ0v) is 9.93. The largest absolute Gasteiger partial charge is 1.00 e. The van der Waals surface area contributed by atoms with Gasteiger partial charge in [0.15, 0.2) is 0 Å². The zero-order chi connectivity index (χ0) is 8.91. The fraction of sp³-hybridized carbons (Fsp3) is 0.800. The van der Waals surface area contributed by atoms with E-state index in [1.165, 1.54) is 6.92 Å². The molecule has 0 radical (unpaired) electrons. The third kappa shape index (κ3) is 13.0. The number of carbonyl (C=O) groups is 1. The Kier molecular flexibility index (Phi) is 8.49. The second-order valence-corrected chi connectivity index (χ2v) is 3.55. The number of hydrogen-bond acceptors (Lipinski definition) is 4. The summed E-state index contributed by atoms with van der Waals surface area (Å²) in [6, 6.07) is 0. The van der Waals surface area contributed by atoms with Crippen molar-refractivity contribution in [1.82, 2.24) is 0 Å². The minimum absolute atomic E-state index is 0. The Balaban J connectivity index is -0.000000500. The van der Waals surface area contributed by atoms with Gasteiger partial charge in [0.1, 0.15) is 0 Å². The molecule has 0 heterocycles. The van der Waals surface area contributed by atoms with Gasteiger partial charge in [0.25, 0.3) is 10.1 Å². The average molecular weight is 206 g/mol. The summed E-state index contributed by atoms with van der Waals surface area (Å²) in [6.07, 6.45) is 0.123. The van der Waals surface area contributed by atoms with Gasteiger partial charge < -0.3 is 6.16 Å². The molecule has 0 aliphatic heterocycles. The van der Waals surface area contributed by atoms with Gasteiger partial charge in [-0.15, -0.1) is 0 Å². The third-order valence-corrected chi connectivity index (χ3v) is 1.66. The Hall–Kier alpha value is 0.380. The summed E-state index contributed by atoms with van der Waals surface area (Å²) < 4.78 is 32.8. The van der Waals surface area contributed by atoms with E-state index in [-0.39, 0.29) is 49.8 Å². The molecule has 0 spiro atoms. The molecule has 12 heavy (non-hydrogen) atoms. The van der Waals surface area contributed by atoms with Crippen molar-refractivity contribution < 1.29 is 53.5 Å². The molecule has 1 N–H and O–H groups in total. The fourth-order valence-electron chi connectivity index (χ4n) is 0.457. The number of ether oxygens (including phenoxy) is 1. The van der Waals surface area contributed by atoms with Crippen LogP contribution in [0.25, 0.3) is 0 Å². The van der Waals surface area contributed by atoms with E-state index in [1.54, 1.807) is 0 Å². The van der Waals surface area contributed by atoms with Crippen molar-refractivity contribution in [2.45, 2.75) is 13.3 Å². The Labute approximate surface area is 95.0 Å². The topological polar surface area (TPSA) is 80.7 Å². The van der Waals surface area contributed by atoms with E-state index in [4.69, 9.17) is 4.55 Å². The van der Waals surface area contributed by atoms with Crippen LogP contribution >= 0.6 is 0 Å². The molecule has 7 heteroatoms. The molecule has 0 saturated carbocycles. The van der Waals surface area contributed by atoms with Crippen molar-refractivity contribution in [3.63, 3.8) is 0 Å². The molecule has 0 aromatic heterocycles. The van der Waals surface area contributed by atoms with Gasteiger partial charge in [-0.05, 0) is 6.42 Å². The molecule has 0 fully saturated rings. The molecule has 0 aliphatic rings. The average Bonchev–Trinajstić information content (AvgIpc) is 1.78. The second-order valence-electron chi connectivity index (χ2n) is 1.98. The smallest absolute Gasteiger partial charge is 1.00 e. The van der Waals surface area contributed by atoms with Crippen LogP contribution in [-0.4, -0.2) is 31.3 Å². The van der Waals surface area contributed by atoms with Gasteiger partial charge in [0, 0.05) is 6.92 Å². The molecule has 0 bridgehead atoms. The van der Waals surface area contributed by atoms with E-state index in [1.807, 2.05) is 0 Å². The standard InChI is InChI=1S/C5H10O5S.Na.H/c1-5(6)10-3-2-4-11(7,8)9;;/h2-4H2,1H3,(H,7,8,9);;/q;+1;-1. The predicted octanol–water partition coefficient (Wildman–Crippen LogP) is -3.06. The molecule has 0 atom stereocenters. The Morgan fingerprint density at radius 1 is 1.58 bits per heavy atom. The molecule has 0 aromatic rings. The van der Waals surface area contributed by atoms with E-state index < -0.39 is 16.1 Å². The minimum Gasteiger partial charge on any atom is -1.00 e. The monoisotopic (exact) mass is 206 g/mol. The Bertz CT molecular complexity index is 227. The van der Waals surface area contributed by atoms with Gasteiger partial charge in [-0.25, -0.2) is 0 Å². The van der Waals surface area contributed by atoms with E-state index in [0.717, 1.165) is 0 Å². The van der Waals surface area contributed by atoms with Crippen molar-refractivity contribution in [3.8, 4) is 0 Å². The number of esters is 1. The van der Waals surface area contributed by atoms with Crippen LogP contribution in [0, 0.1) is 0 Å². The van der Waals surface area contributed by atoms with E-state index in [0.29, 0.717) is 0 Å². The maximum absolute atomic E-state index is 10.1. The summed E-state index contributed by atoms with van der Waals surface area (Å²) in [5, 5.41) is 0. The second kappa shape index (κ2) is 6.85. The summed E-state index contributed by atoms with van der Waals surface area (Å²) in [4.78, 5) is 10.1. The molecule has 0 rings (SSSR count). The number of hydrogen-bond donors (Lipinski definition) is 1. The van der Waals surface area contributed by atoms with Crippen molar-refractivity contribution in [2.75, 3.05) is 12.4 Å². The van der Waals surface area contributed by atoms with Crippen molar-refractivity contribution >= 4 is 16.1 Å². The van der Waals surface area contributed by atoms with Crippen LogP contribution in [0.15, 0.2) is 0 Å². The molecule has 68 valence electrons. The minimum atomic E-state index is -3.91. The fourth-order valence-corrected chi connectivity index (χ4v) is 0.940. The molecular weight excluding hydrogens is 195 g/mol. The van der Waals surface area contributed by atoms with E-state index in [2.05, 4.69) is 4.74 Å². The van der Waals surface area contributed by atoms with Gasteiger partial charge in [0.2, 0.25) is 0 Å². The third-order valence-electron chi connectivity index (χ3n) is 0.852. The quantitative estimate of drug-likeness (QED) is 0.229.